The first-order valence-electron chi connectivity index (χ1n) is 5.04. The molecule has 0 saturated carbocycles. The van der Waals surface area contributed by atoms with E-state index in [0.29, 0.717) is 5.54 Å². The van der Waals surface area contributed by atoms with Gasteiger partial charge < -0.3 is 4.74 Å². The van der Waals surface area contributed by atoms with Gasteiger partial charge in [-0.1, -0.05) is 0 Å². The van der Waals surface area contributed by atoms with Gasteiger partial charge in [-0.15, -0.1) is 0 Å². The Morgan fingerprint density at radius 3 is 3.08 bits per heavy atom. The van der Waals surface area contributed by atoms with Crippen LogP contribution in [0.25, 0.3) is 0 Å². The molecule has 2 atom stereocenters. The van der Waals surface area contributed by atoms with E-state index in [-0.39, 0.29) is 0 Å². The molecule has 2 fully saturated rings. The van der Waals surface area contributed by atoms with Crippen LogP contribution >= 0.6 is 0 Å². The minimum absolute atomic E-state index is 0.439. The Morgan fingerprint density at radius 1 is 1.50 bits per heavy atom. The molecule has 70 valence electrons. The molecule has 2 nitrogen and oxygen atoms in total. The zero-order chi connectivity index (χ0) is 8.60. The Bertz CT molecular complexity index is 167. The summed E-state index contributed by atoms with van der Waals surface area (Å²) in [5, 5.41) is 0. The molecule has 2 aliphatic rings. The molecular weight excluding hydrogens is 150 g/mol. The first-order chi connectivity index (χ1) is 5.78. The molecule has 2 aliphatic heterocycles. The molecule has 0 unspecified atom stereocenters. The summed E-state index contributed by atoms with van der Waals surface area (Å²) in [4.78, 5) is 2.66. The van der Waals surface area contributed by atoms with Gasteiger partial charge in [-0.3, -0.25) is 4.90 Å². The second kappa shape index (κ2) is 3.00. The summed E-state index contributed by atoms with van der Waals surface area (Å²) in [5.41, 5.74) is 0.439. The van der Waals surface area contributed by atoms with Crippen molar-refractivity contribution in [1.29, 1.82) is 0 Å². The summed E-state index contributed by atoms with van der Waals surface area (Å²) in [6, 6.07) is 0.794. The lowest BCUT2D eigenvalue weighted by Crippen LogP contribution is -2.44. The highest BCUT2D eigenvalue weighted by molar-refractivity contribution is 5.03. The summed E-state index contributed by atoms with van der Waals surface area (Å²) in [5.74, 6) is 0. The number of nitrogens with zero attached hydrogens (tertiary/aromatic N) is 1. The lowest BCUT2D eigenvalue weighted by atomic mass is 9.95. The van der Waals surface area contributed by atoms with Gasteiger partial charge in [-0.05, 0) is 39.2 Å². The molecule has 0 bridgehead atoms. The SMILES string of the molecule is COC[C@]12CCCN1[C@@H](C)CC2. The van der Waals surface area contributed by atoms with E-state index < -0.39 is 0 Å². The number of methoxy groups -OCH3 is 1. The molecule has 0 radical (unpaired) electrons. The van der Waals surface area contributed by atoms with Crippen molar-refractivity contribution >= 4 is 0 Å². The number of ether oxygens (including phenoxy) is 1. The average Bonchev–Trinajstić information content (AvgIpc) is 2.55. The van der Waals surface area contributed by atoms with Crippen LogP contribution in [0.5, 0.6) is 0 Å². The fourth-order valence-electron chi connectivity index (χ4n) is 3.05. The molecule has 0 N–H and O–H groups in total. The van der Waals surface area contributed by atoms with Gasteiger partial charge in [0, 0.05) is 18.7 Å². The molecule has 2 heterocycles. The second-order valence-electron chi connectivity index (χ2n) is 4.34. The minimum Gasteiger partial charge on any atom is -0.383 e. The topological polar surface area (TPSA) is 12.5 Å². The lowest BCUT2D eigenvalue weighted by molar-refractivity contribution is 0.0527. The van der Waals surface area contributed by atoms with Crippen molar-refractivity contribution in [2.75, 3.05) is 20.3 Å². The molecule has 2 rings (SSSR count). The Labute approximate surface area is 74.9 Å². The van der Waals surface area contributed by atoms with E-state index in [2.05, 4.69) is 11.8 Å². The Balaban J connectivity index is 2.11. The average molecular weight is 169 g/mol. The highest BCUT2D eigenvalue weighted by atomic mass is 16.5. The third-order valence-electron chi connectivity index (χ3n) is 3.62. The Kier molecular flexibility index (Phi) is 2.13. The first kappa shape index (κ1) is 8.52. The number of hydrogen-bond donors (Lipinski definition) is 0. The molecule has 0 aliphatic carbocycles. The van der Waals surface area contributed by atoms with Crippen LogP contribution in [0.3, 0.4) is 0 Å². The van der Waals surface area contributed by atoms with Crippen LogP contribution in [0, 0.1) is 0 Å². The Morgan fingerprint density at radius 2 is 2.33 bits per heavy atom. The van der Waals surface area contributed by atoms with E-state index in [1.807, 2.05) is 7.11 Å². The zero-order valence-corrected chi connectivity index (χ0v) is 8.18. The van der Waals surface area contributed by atoms with Gasteiger partial charge in [0.2, 0.25) is 0 Å². The fourth-order valence-corrected chi connectivity index (χ4v) is 3.05. The predicted octanol–water partition coefficient (Wildman–Crippen LogP) is 1.65. The van der Waals surface area contributed by atoms with Crippen LogP contribution in [0.1, 0.15) is 32.6 Å². The van der Waals surface area contributed by atoms with Crippen molar-refractivity contribution < 1.29 is 4.74 Å². The monoisotopic (exact) mass is 169 g/mol. The van der Waals surface area contributed by atoms with Gasteiger partial charge in [-0.2, -0.15) is 0 Å². The van der Waals surface area contributed by atoms with Crippen molar-refractivity contribution in [2.45, 2.75) is 44.2 Å². The van der Waals surface area contributed by atoms with Crippen molar-refractivity contribution in [3.8, 4) is 0 Å². The maximum Gasteiger partial charge on any atom is 0.0646 e. The van der Waals surface area contributed by atoms with E-state index in [1.54, 1.807) is 0 Å². The third kappa shape index (κ3) is 1.09. The molecule has 0 spiro atoms. The van der Waals surface area contributed by atoms with Gasteiger partial charge >= 0.3 is 0 Å². The molecule has 0 amide bonds. The van der Waals surface area contributed by atoms with E-state index in [9.17, 15) is 0 Å². The molecular formula is C10H19NO. The van der Waals surface area contributed by atoms with E-state index in [1.165, 1.54) is 32.2 Å². The quantitative estimate of drug-likeness (QED) is 0.623. The van der Waals surface area contributed by atoms with Crippen molar-refractivity contribution in [2.24, 2.45) is 0 Å². The van der Waals surface area contributed by atoms with Gasteiger partial charge in [0.05, 0.1) is 6.61 Å². The highest BCUT2D eigenvalue weighted by Crippen LogP contribution is 2.42. The molecule has 0 aromatic rings. The molecule has 2 heteroatoms. The summed E-state index contributed by atoms with van der Waals surface area (Å²) < 4.78 is 5.34. The lowest BCUT2D eigenvalue weighted by Gasteiger charge is -2.33. The predicted molar refractivity (Wildman–Crippen MR) is 49.2 cm³/mol. The highest BCUT2D eigenvalue weighted by Gasteiger charge is 2.47. The number of hydrogen-bond acceptors (Lipinski definition) is 2. The van der Waals surface area contributed by atoms with Crippen LogP contribution in [0.15, 0.2) is 0 Å². The summed E-state index contributed by atoms with van der Waals surface area (Å²) in [7, 11) is 1.83. The van der Waals surface area contributed by atoms with Crippen LogP contribution in [-0.2, 0) is 4.74 Å². The van der Waals surface area contributed by atoms with Crippen LogP contribution < -0.4 is 0 Å². The first-order valence-corrected chi connectivity index (χ1v) is 5.04. The zero-order valence-electron chi connectivity index (χ0n) is 8.18. The van der Waals surface area contributed by atoms with Gasteiger partial charge in [0.1, 0.15) is 0 Å². The largest absolute Gasteiger partial charge is 0.383 e. The fraction of sp³-hybridized carbons (Fsp3) is 1.00. The number of fused-ring (bicyclic) bond motifs is 1. The van der Waals surface area contributed by atoms with E-state index in [4.69, 9.17) is 4.74 Å². The van der Waals surface area contributed by atoms with Crippen molar-refractivity contribution in [3.63, 3.8) is 0 Å². The minimum atomic E-state index is 0.439. The normalized spacial score (nSPS) is 42.0. The molecule has 12 heavy (non-hydrogen) atoms. The van der Waals surface area contributed by atoms with Gasteiger partial charge in [-0.25, -0.2) is 0 Å². The second-order valence-corrected chi connectivity index (χ2v) is 4.34. The summed E-state index contributed by atoms with van der Waals surface area (Å²) in [6.45, 7) is 4.59. The molecule has 0 aromatic heterocycles. The summed E-state index contributed by atoms with van der Waals surface area (Å²) in [6.07, 6.45) is 5.43. The van der Waals surface area contributed by atoms with Crippen LogP contribution in [0.2, 0.25) is 0 Å². The maximum atomic E-state index is 5.34. The van der Waals surface area contributed by atoms with Crippen molar-refractivity contribution in [3.05, 3.63) is 0 Å². The van der Waals surface area contributed by atoms with Gasteiger partial charge in [0.25, 0.3) is 0 Å². The summed E-state index contributed by atoms with van der Waals surface area (Å²) >= 11 is 0. The Hall–Kier alpha value is -0.0800. The maximum absolute atomic E-state index is 5.34. The van der Waals surface area contributed by atoms with E-state index in [0.717, 1.165) is 12.6 Å². The standard InChI is InChI=1S/C10H19NO/c1-9-4-6-10(8-12-2)5-3-7-11(9)10/h9H,3-8H2,1-2H3/t9-,10+/m0/s1. The third-order valence-corrected chi connectivity index (χ3v) is 3.62. The van der Waals surface area contributed by atoms with Crippen LogP contribution in [-0.4, -0.2) is 36.7 Å². The molecule has 0 aromatic carbocycles. The van der Waals surface area contributed by atoms with Crippen LogP contribution in [0.4, 0.5) is 0 Å². The van der Waals surface area contributed by atoms with Gasteiger partial charge in [0.15, 0.2) is 0 Å². The van der Waals surface area contributed by atoms with E-state index >= 15 is 0 Å². The smallest absolute Gasteiger partial charge is 0.0646 e. The van der Waals surface area contributed by atoms with Crippen molar-refractivity contribution in [1.82, 2.24) is 4.90 Å². The molecule has 2 saturated heterocycles. The number of rotatable bonds is 2.